The average Bonchev–Trinajstić information content (AvgIpc) is 2.49. The summed E-state index contributed by atoms with van der Waals surface area (Å²) in [7, 11) is 15.7. The number of halogens is 3. The molecule has 0 aliphatic carbocycles. The predicted octanol–water partition coefficient (Wildman–Crippen LogP) is 4.82. The Morgan fingerprint density at radius 2 is 1.73 bits per heavy atom. The Bertz CT molecular complexity index is 723. The molecule has 0 unspecified atom stereocenters. The molecule has 2 aromatic rings. The summed E-state index contributed by atoms with van der Waals surface area (Å²) >= 11 is 4.00. The van der Waals surface area contributed by atoms with Crippen LogP contribution in [0.5, 0.6) is 5.75 Å². The first-order valence-electron chi connectivity index (χ1n) is 6.34. The molecule has 0 aliphatic heterocycles. The SMILES string of the molecule is COc1ccc(C=[N+](C)c2ccc(Cl)cc2)c([CH]=[Ru]([Cl])[Cl])c1. The van der Waals surface area contributed by atoms with E-state index >= 15 is 0 Å². The second-order valence-electron chi connectivity index (χ2n) is 4.52. The van der Waals surface area contributed by atoms with Crippen molar-refractivity contribution in [1.82, 2.24) is 0 Å². The minimum absolute atomic E-state index is 0.717. The molecule has 0 N–H and O–H groups in total. The van der Waals surface area contributed by atoms with Crippen LogP contribution in [0.3, 0.4) is 0 Å². The van der Waals surface area contributed by atoms with Crippen molar-refractivity contribution in [3.63, 3.8) is 0 Å². The molecule has 0 bridgehead atoms. The van der Waals surface area contributed by atoms with Crippen LogP contribution >= 0.6 is 31.0 Å². The molecular weight excluding hydrogens is 430 g/mol. The average molecular weight is 445 g/mol. The molecule has 2 nitrogen and oxygen atoms in total. The van der Waals surface area contributed by atoms with Gasteiger partial charge in [0.15, 0.2) is 0 Å². The summed E-state index contributed by atoms with van der Waals surface area (Å²) in [5, 5.41) is 0.717. The van der Waals surface area contributed by atoms with Gasteiger partial charge in [-0.05, 0) is 0 Å². The van der Waals surface area contributed by atoms with Crippen LogP contribution in [0.1, 0.15) is 11.1 Å². The molecule has 118 valence electrons. The van der Waals surface area contributed by atoms with Crippen molar-refractivity contribution in [2.24, 2.45) is 0 Å². The van der Waals surface area contributed by atoms with Gasteiger partial charge in [0.2, 0.25) is 0 Å². The number of hydrogen-bond donors (Lipinski definition) is 0. The van der Waals surface area contributed by atoms with E-state index in [0.29, 0.717) is 5.02 Å². The molecule has 0 heterocycles. The molecule has 0 aromatic heterocycles. The Hall–Kier alpha value is -0.727. The summed E-state index contributed by atoms with van der Waals surface area (Å²) in [6.45, 7) is 0. The van der Waals surface area contributed by atoms with Crippen LogP contribution in [0, 0.1) is 0 Å². The van der Waals surface area contributed by atoms with Gasteiger partial charge in [-0.2, -0.15) is 0 Å². The van der Waals surface area contributed by atoms with Gasteiger partial charge in [-0.3, -0.25) is 0 Å². The molecule has 2 aromatic carbocycles. The molecule has 0 spiro atoms. The summed E-state index contributed by atoms with van der Waals surface area (Å²) < 4.78 is 9.20. The van der Waals surface area contributed by atoms with Crippen molar-refractivity contribution in [3.05, 3.63) is 58.6 Å². The van der Waals surface area contributed by atoms with Crippen molar-refractivity contribution >= 4 is 47.5 Å². The standard InChI is InChI=1S/C16H15ClNO.2ClH.Ru/c1-12-10-16(19-3)9-4-13(12)11-18(2)15-7-5-14(17)6-8-15;;;/h1,4-11H,2-3H3;2*1H;/q+1;;;+2/p-2. The fourth-order valence-electron chi connectivity index (χ4n) is 1.93. The van der Waals surface area contributed by atoms with Gasteiger partial charge in [0, 0.05) is 0 Å². The van der Waals surface area contributed by atoms with Crippen LogP contribution in [0.4, 0.5) is 5.69 Å². The van der Waals surface area contributed by atoms with E-state index in [9.17, 15) is 0 Å². The van der Waals surface area contributed by atoms with Crippen molar-refractivity contribution in [2.45, 2.75) is 0 Å². The maximum absolute atomic E-state index is 6.02. The third-order valence-corrected chi connectivity index (χ3v) is 5.13. The van der Waals surface area contributed by atoms with E-state index in [1.165, 1.54) is 0 Å². The normalized spacial score (nSPS) is 12.0. The number of hydrogen-bond acceptors (Lipinski definition) is 1. The quantitative estimate of drug-likeness (QED) is 0.374. The van der Waals surface area contributed by atoms with Gasteiger partial charge in [-0.15, -0.1) is 0 Å². The van der Waals surface area contributed by atoms with Crippen LogP contribution < -0.4 is 4.74 Å². The zero-order valence-corrected chi connectivity index (χ0v) is 16.0. The fourth-order valence-corrected chi connectivity index (χ4v) is 3.88. The van der Waals surface area contributed by atoms with Gasteiger partial charge in [-0.1, -0.05) is 0 Å². The predicted molar refractivity (Wildman–Crippen MR) is 92.3 cm³/mol. The zero-order valence-electron chi connectivity index (χ0n) is 12.0. The maximum atomic E-state index is 6.02. The van der Waals surface area contributed by atoms with Crippen LogP contribution in [0.25, 0.3) is 0 Å². The summed E-state index contributed by atoms with van der Waals surface area (Å²) in [4.78, 5) is 0. The summed E-state index contributed by atoms with van der Waals surface area (Å²) in [5.41, 5.74) is 3.04. The molecular formula is C16H15Cl3NORu+. The topological polar surface area (TPSA) is 12.2 Å². The van der Waals surface area contributed by atoms with Crippen molar-refractivity contribution in [1.29, 1.82) is 0 Å². The van der Waals surface area contributed by atoms with Gasteiger partial charge < -0.3 is 0 Å². The molecule has 0 aliphatic rings. The molecule has 0 fully saturated rings. The Morgan fingerprint density at radius 1 is 1.05 bits per heavy atom. The van der Waals surface area contributed by atoms with Crippen molar-refractivity contribution < 1.29 is 22.8 Å². The van der Waals surface area contributed by atoms with Crippen LogP contribution in [-0.4, -0.2) is 29.6 Å². The van der Waals surface area contributed by atoms with E-state index in [-0.39, 0.29) is 0 Å². The van der Waals surface area contributed by atoms with Gasteiger partial charge in [0.25, 0.3) is 0 Å². The van der Waals surface area contributed by atoms with E-state index in [1.807, 2.05) is 64.9 Å². The first-order valence-corrected chi connectivity index (χ1v) is 12.2. The molecule has 6 heteroatoms. The van der Waals surface area contributed by atoms with Gasteiger partial charge in [0.1, 0.15) is 0 Å². The van der Waals surface area contributed by atoms with E-state index in [4.69, 9.17) is 35.7 Å². The summed E-state index contributed by atoms with van der Waals surface area (Å²) in [6, 6.07) is 13.5. The number of methoxy groups -OCH3 is 1. The van der Waals surface area contributed by atoms with E-state index in [0.717, 1.165) is 22.6 Å². The summed E-state index contributed by atoms with van der Waals surface area (Å²) in [5.74, 6) is 0.779. The second-order valence-corrected chi connectivity index (χ2v) is 10.7. The van der Waals surface area contributed by atoms with Gasteiger partial charge in [-0.25, -0.2) is 0 Å². The van der Waals surface area contributed by atoms with E-state index in [1.54, 1.807) is 7.11 Å². The summed E-state index contributed by atoms with van der Waals surface area (Å²) in [6.07, 6.45) is 2.03. The number of rotatable bonds is 4. The minimum atomic E-state index is -1.92. The second kappa shape index (κ2) is 8.22. The fraction of sp³-hybridized carbons (Fsp3) is 0.125. The van der Waals surface area contributed by atoms with Gasteiger partial charge >= 0.3 is 149 Å². The van der Waals surface area contributed by atoms with Gasteiger partial charge in [0.05, 0.1) is 0 Å². The molecule has 0 amide bonds. The molecule has 22 heavy (non-hydrogen) atoms. The molecule has 0 saturated carbocycles. The zero-order chi connectivity index (χ0) is 16.1. The van der Waals surface area contributed by atoms with Crippen LogP contribution in [-0.2, 0) is 13.5 Å². The monoisotopic (exact) mass is 444 g/mol. The van der Waals surface area contributed by atoms with Crippen molar-refractivity contribution in [3.8, 4) is 5.75 Å². The Balaban J connectivity index is 2.45. The molecule has 0 atom stereocenters. The molecule has 2 rings (SSSR count). The molecule has 0 radical (unpaired) electrons. The Labute approximate surface area is 148 Å². The van der Waals surface area contributed by atoms with Crippen molar-refractivity contribution in [2.75, 3.05) is 14.2 Å². The number of ether oxygens (including phenoxy) is 1. The third-order valence-electron chi connectivity index (χ3n) is 3.05. The first kappa shape index (κ1) is 17.6. The first-order chi connectivity index (χ1) is 10.5. The Morgan fingerprint density at radius 3 is 2.32 bits per heavy atom. The van der Waals surface area contributed by atoms with Crippen LogP contribution in [0.15, 0.2) is 42.5 Å². The van der Waals surface area contributed by atoms with Crippen LogP contribution in [0.2, 0.25) is 5.02 Å². The van der Waals surface area contributed by atoms with E-state index < -0.39 is 13.5 Å². The Kier molecular flexibility index (Phi) is 6.58. The number of nitrogens with zero attached hydrogens (tertiary/aromatic N) is 1. The third kappa shape index (κ3) is 4.89. The van der Waals surface area contributed by atoms with E-state index in [2.05, 4.69) is 0 Å². The number of benzene rings is 2. The molecule has 0 saturated heterocycles.